The number of rotatable bonds is 22. The summed E-state index contributed by atoms with van der Waals surface area (Å²) in [5, 5.41) is 0. The second-order valence-corrected chi connectivity index (χ2v) is 24.6. The van der Waals surface area contributed by atoms with E-state index >= 15 is 17.6 Å². The Labute approximate surface area is 434 Å². The lowest BCUT2D eigenvalue weighted by molar-refractivity contribution is -0.461. The van der Waals surface area contributed by atoms with Crippen molar-refractivity contribution in [1.29, 1.82) is 0 Å². The van der Waals surface area contributed by atoms with Crippen molar-refractivity contribution in [3.8, 4) is 0 Å². The Kier molecular flexibility index (Phi) is 18.7. The van der Waals surface area contributed by atoms with Crippen molar-refractivity contribution in [2.45, 2.75) is 141 Å². The van der Waals surface area contributed by atoms with Gasteiger partial charge in [0.25, 0.3) is 0 Å². The van der Waals surface area contributed by atoms with Gasteiger partial charge in [0.15, 0.2) is 26.6 Å². The topological polar surface area (TPSA) is 97.4 Å². The number of aryl methyl sites for hydroxylation is 1. The van der Waals surface area contributed by atoms with Crippen LogP contribution in [-0.4, -0.2) is 110 Å². The third-order valence-corrected chi connectivity index (χ3v) is 19.5. The number of halogens is 17. The summed E-state index contributed by atoms with van der Waals surface area (Å²) in [7, 11) is -4.53. The number of carbonyl (C=O) groups excluding carboxylic acids is 3. The van der Waals surface area contributed by atoms with Gasteiger partial charge in [-0.05, 0) is 72.6 Å². The van der Waals surface area contributed by atoms with E-state index in [1.807, 2.05) is 0 Å². The monoisotopic (exact) mass is 1160 g/mol. The Balaban J connectivity index is 1.60. The second-order valence-electron chi connectivity index (χ2n) is 18.4. The van der Waals surface area contributed by atoms with E-state index in [0.717, 1.165) is 17.3 Å². The van der Waals surface area contributed by atoms with Gasteiger partial charge >= 0.3 is 65.5 Å². The lowest BCUT2D eigenvalue weighted by Gasteiger charge is -2.47. The smallest absolute Gasteiger partial charge is 0.452 e. The van der Waals surface area contributed by atoms with E-state index in [-0.39, 0.29) is 16.7 Å². The fraction of sp³-hybridized carbons (Fsp3) is 0.460. The fourth-order valence-corrected chi connectivity index (χ4v) is 13.7. The molecule has 5 atom stereocenters. The van der Waals surface area contributed by atoms with Crippen molar-refractivity contribution >= 4 is 38.0 Å². The lowest BCUT2D eigenvalue weighted by Crippen LogP contribution is -2.74. The highest BCUT2D eigenvalue weighted by Crippen LogP contribution is 2.64. The lowest BCUT2D eigenvalue weighted by atomic mass is 9.88. The zero-order valence-electron chi connectivity index (χ0n) is 40.7. The highest BCUT2D eigenvalue weighted by atomic mass is 32.2. The van der Waals surface area contributed by atoms with Gasteiger partial charge < -0.3 is 23.4 Å². The Morgan fingerprint density at radius 2 is 0.870 bits per heavy atom. The molecule has 0 amide bonds. The third kappa shape index (κ3) is 12.3. The standard InChI is InChI=1S/C50H47F17O8SSi/c1-28(2)77(29(3)4,26-25-43(51,52)44(53,54)45(55,56)46(57,58)47(59,60)48(61,62)49(63,64)50(65,66)67)71-27-35-36(73-39(68)31-15-9-6-10-16-31)37(74-40(69)32-17-11-7-12-18-32)38(75-41(70)33-19-13-8-14-20-33)42(72-35)76-34-23-21-30(5)22-24-34/h6-24,28-29,35-38,42H,25-27H2,1-5H3/t35-,36-,37+,38-,42+/m1/s1. The first-order chi connectivity index (χ1) is 35.4. The Hall–Kier alpha value is -5.41. The number of hydrogen-bond acceptors (Lipinski definition) is 9. The first kappa shape index (κ1) is 62.4. The van der Waals surface area contributed by atoms with Gasteiger partial charge in [0.2, 0.25) is 0 Å². The molecule has 1 heterocycles. The van der Waals surface area contributed by atoms with Crippen LogP contribution in [0.3, 0.4) is 0 Å². The second kappa shape index (κ2) is 23.1. The van der Waals surface area contributed by atoms with Crippen molar-refractivity contribution in [3.63, 3.8) is 0 Å². The summed E-state index contributed by atoms with van der Waals surface area (Å²) in [4.78, 5) is 42.3. The first-order valence-corrected chi connectivity index (χ1v) is 26.1. The molecule has 1 aliphatic heterocycles. The maximum Gasteiger partial charge on any atom is 0.460 e. The van der Waals surface area contributed by atoms with E-state index in [2.05, 4.69) is 0 Å². The highest BCUT2D eigenvalue weighted by Gasteiger charge is 2.95. The summed E-state index contributed by atoms with van der Waals surface area (Å²) in [6.45, 7) is 5.69. The third-order valence-electron chi connectivity index (χ3n) is 12.7. The van der Waals surface area contributed by atoms with Crippen LogP contribution < -0.4 is 0 Å². The van der Waals surface area contributed by atoms with Gasteiger partial charge in [-0.25, -0.2) is 14.4 Å². The molecule has 0 saturated carbocycles. The van der Waals surface area contributed by atoms with Gasteiger partial charge in [-0.2, -0.15) is 74.6 Å². The highest BCUT2D eigenvalue weighted by molar-refractivity contribution is 7.99. The van der Waals surface area contributed by atoms with Gasteiger partial charge in [0.05, 0.1) is 23.3 Å². The minimum atomic E-state index is -8.79. The fourth-order valence-electron chi connectivity index (χ4n) is 8.15. The summed E-state index contributed by atoms with van der Waals surface area (Å²) < 4.78 is 274. The van der Waals surface area contributed by atoms with Crippen molar-refractivity contribution < 1.29 is 112 Å². The van der Waals surface area contributed by atoms with Crippen LogP contribution in [0.15, 0.2) is 120 Å². The van der Waals surface area contributed by atoms with Gasteiger partial charge in [-0.3, -0.25) is 0 Å². The van der Waals surface area contributed by atoms with Crippen molar-refractivity contribution in [2.75, 3.05) is 6.61 Å². The van der Waals surface area contributed by atoms with E-state index in [1.54, 1.807) is 43.3 Å². The zero-order chi connectivity index (χ0) is 58.0. The van der Waals surface area contributed by atoms with Crippen molar-refractivity contribution in [2.24, 2.45) is 0 Å². The summed E-state index contributed by atoms with van der Waals surface area (Å²) >= 11 is 0.850. The normalized spacial score (nSPS) is 19.5. The molecule has 424 valence electrons. The van der Waals surface area contributed by atoms with E-state index in [9.17, 15) is 71.5 Å². The molecular formula is C50H47F17O8SSi. The van der Waals surface area contributed by atoms with Crippen LogP contribution in [0.4, 0.5) is 74.6 Å². The molecule has 77 heavy (non-hydrogen) atoms. The van der Waals surface area contributed by atoms with Crippen molar-refractivity contribution in [1.82, 2.24) is 0 Å². The van der Waals surface area contributed by atoms with Gasteiger partial charge in [0.1, 0.15) is 11.5 Å². The average molecular weight is 1160 g/mol. The molecule has 0 aromatic heterocycles. The van der Waals surface area contributed by atoms with Crippen LogP contribution in [0.1, 0.15) is 70.8 Å². The molecule has 1 aliphatic rings. The molecule has 5 rings (SSSR count). The van der Waals surface area contributed by atoms with Crippen LogP contribution in [0, 0.1) is 6.92 Å². The van der Waals surface area contributed by atoms with Gasteiger partial charge in [-0.1, -0.05) is 112 Å². The summed E-state index contributed by atoms with van der Waals surface area (Å²) in [5.74, 6) is -60.9. The molecule has 4 aromatic carbocycles. The Morgan fingerprint density at radius 3 is 1.26 bits per heavy atom. The predicted octanol–water partition coefficient (Wildman–Crippen LogP) is 14.7. The molecule has 1 fully saturated rings. The number of hydrogen-bond donors (Lipinski definition) is 0. The number of alkyl halides is 17. The molecule has 0 aliphatic carbocycles. The number of benzene rings is 4. The number of esters is 3. The van der Waals surface area contributed by atoms with E-state index < -0.39 is 134 Å². The van der Waals surface area contributed by atoms with Crippen LogP contribution in [0.2, 0.25) is 17.1 Å². The average Bonchev–Trinajstić information content (AvgIpc) is 3.36. The summed E-state index contributed by atoms with van der Waals surface area (Å²) in [6.07, 6.45) is -18.1. The molecule has 0 bridgehead atoms. The number of thioether (sulfide) groups is 1. The van der Waals surface area contributed by atoms with Crippen LogP contribution in [0.5, 0.6) is 0 Å². The molecule has 8 nitrogen and oxygen atoms in total. The largest absolute Gasteiger partial charge is 0.460 e. The van der Waals surface area contributed by atoms with Crippen LogP contribution in [-0.2, 0) is 23.4 Å². The first-order valence-electron chi connectivity index (χ1n) is 22.9. The van der Waals surface area contributed by atoms with E-state index in [1.165, 1.54) is 107 Å². The van der Waals surface area contributed by atoms with Crippen LogP contribution >= 0.6 is 11.8 Å². The number of ether oxygens (including phenoxy) is 4. The van der Waals surface area contributed by atoms with E-state index in [4.69, 9.17) is 23.4 Å². The van der Waals surface area contributed by atoms with Gasteiger partial charge in [-0.15, -0.1) is 0 Å². The van der Waals surface area contributed by atoms with Crippen LogP contribution in [0.25, 0.3) is 0 Å². The molecule has 0 unspecified atom stereocenters. The molecule has 1 saturated heterocycles. The van der Waals surface area contributed by atoms with Crippen molar-refractivity contribution in [3.05, 3.63) is 138 Å². The Morgan fingerprint density at radius 1 is 0.506 bits per heavy atom. The number of carbonyl (C=O) groups is 3. The SMILES string of the molecule is Cc1ccc(S[C@@H]2O[C@H](CO[Si](CCC(F)(F)C(F)(F)C(F)(F)C(F)(F)C(F)(F)C(F)(F)C(F)(F)C(F)(F)F)(C(C)C)C(C)C)[C@@H](OC(=O)c3ccccc3)[C@H](OC(=O)c3ccccc3)[C@H]2OC(=O)c2ccccc2)cc1. The molecule has 0 spiro atoms. The predicted molar refractivity (Wildman–Crippen MR) is 245 cm³/mol. The maximum atomic E-state index is 15.7. The summed E-state index contributed by atoms with van der Waals surface area (Å²) in [6, 6.07) is 26.3. The molecular weight excluding hydrogens is 1110 g/mol. The Bertz CT molecular complexity index is 2620. The molecule has 0 radical (unpaired) electrons. The van der Waals surface area contributed by atoms with Gasteiger partial charge in [0, 0.05) is 11.3 Å². The zero-order valence-corrected chi connectivity index (χ0v) is 42.5. The minimum Gasteiger partial charge on any atom is -0.452 e. The molecule has 0 N–H and O–H groups in total. The van der Waals surface area contributed by atoms with E-state index in [0.29, 0.717) is 4.90 Å². The maximum absolute atomic E-state index is 15.7. The molecule has 27 heteroatoms. The molecule has 4 aromatic rings. The minimum absolute atomic E-state index is 0.0360. The quantitative estimate of drug-likeness (QED) is 0.0330. The summed E-state index contributed by atoms with van der Waals surface area (Å²) in [5.41, 5.74) is -3.30.